The number of aliphatic imine (C=N–C) groups is 1. The molecule has 7 heteroatoms. The first-order valence-corrected chi connectivity index (χ1v) is 8.60. The summed E-state index contributed by atoms with van der Waals surface area (Å²) in [5, 5.41) is 8.86. The van der Waals surface area contributed by atoms with Gasteiger partial charge in [0, 0.05) is 19.3 Å². The first-order chi connectivity index (χ1) is 12.5. The normalized spacial score (nSPS) is 10.7. The molecule has 0 saturated heterocycles. The van der Waals surface area contributed by atoms with Gasteiger partial charge in [0.05, 0.1) is 6.54 Å². The van der Waals surface area contributed by atoms with Gasteiger partial charge in [-0.3, -0.25) is 9.79 Å². The molecule has 1 amide bonds. The molecule has 0 aliphatic heterocycles. The zero-order valence-corrected chi connectivity index (χ0v) is 18.1. The van der Waals surface area contributed by atoms with Gasteiger partial charge in [0.15, 0.2) is 5.96 Å². The van der Waals surface area contributed by atoms with E-state index in [1.807, 2.05) is 30.3 Å². The standard InChI is InChI=1S/C20H25FN4O.HI/c1-4-15-6-5-7-17(10-15)25-19(26)13-24-20(22-3)23-12-16-9-8-14(2)18(21)11-16;/h5-11H,4,12-13H2,1-3H3,(H,25,26)(H2,22,23,24);1H. The van der Waals surface area contributed by atoms with Gasteiger partial charge in [0.2, 0.25) is 5.91 Å². The van der Waals surface area contributed by atoms with E-state index in [2.05, 4.69) is 27.9 Å². The second kappa shape index (κ2) is 11.5. The molecule has 0 aromatic heterocycles. The summed E-state index contributed by atoms with van der Waals surface area (Å²) in [7, 11) is 1.62. The number of hydrogen-bond acceptors (Lipinski definition) is 2. The summed E-state index contributed by atoms with van der Waals surface area (Å²) in [5.74, 6) is 0.0759. The second-order valence-corrected chi connectivity index (χ2v) is 5.96. The van der Waals surface area contributed by atoms with Gasteiger partial charge in [-0.2, -0.15) is 0 Å². The van der Waals surface area contributed by atoms with E-state index in [1.165, 1.54) is 11.6 Å². The maximum absolute atomic E-state index is 13.6. The zero-order chi connectivity index (χ0) is 18.9. The number of guanidine groups is 1. The van der Waals surface area contributed by atoms with E-state index < -0.39 is 0 Å². The average Bonchev–Trinajstić information content (AvgIpc) is 2.64. The lowest BCUT2D eigenvalue weighted by atomic mass is 10.1. The lowest BCUT2D eigenvalue weighted by Gasteiger charge is -2.12. The Balaban J connectivity index is 0.00000364. The highest BCUT2D eigenvalue weighted by Crippen LogP contribution is 2.11. The summed E-state index contributed by atoms with van der Waals surface area (Å²) in [6, 6.07) is 12.8. The van der Waals surface area contributed by atoms with Crippen molar-refractivity contribution < 1.29 is 9.18 Å². The van der Waals surface area contributed by atoms with Gasteiger partial charge in [-0.05, 0) is 48.2 Å². The molecule has 2 aromatic rings. The molecule has 0 atom stereocenters. The first-order valence-electron chi connectivity index (χ1n) is 8.60. The van der Waals surface area contributed by atoms with Crippen molar-refractivity contribution in [2.24, 2.45) is 4.99 Å². The third-order valence-corrected chi connectivity index (χ3v) is 3.96. The number of nitrogens with one attached hydrogen (secondary N) is 3. The highest BCUT2D eigenvalue weighted by Gasteiger charge is 2.06. The molecule has 146 valence electrons. The van der Waals surface area contributed by atoms with Gasteiger partial charge in [-0.15, -0.1) is 24.0 Å². The number of halogens is 2. The fraction of sp³-hybridized carbons (Fsp3) is 0.300. The highest BCUT2D eigenvalue weighted by molar-refractivity contribution is 14.0. The van der Waals surface area contributed by atoms with Gasteiger partial charge in [0.25, 0.3) is 0 Å². The molecule has 0 spiro atoms. The lowest BCUT2D eigenvalue weighted by molar-refractivity contribution is -0.115. The number of anilines is 1. The SMILES string of the molecule is CCc1cccc(NC(=O)CNC(=NC)NCc2ccc(C)c(F)c2)c1.I. The summed E-state index contributed by atoms with van der Waals surface area (Å²) in [5.41, 5.74) is 3.35. The largest absolute Gasteiger partial charge is 0.352 e. The van der Waals surface area contributed by atoms with E-state index >= 15 is 0 Å². The Bertz CT molecular complexity index is 795. The van der Waals surface area contributed by atoms with Crippen LogP contribution in [0.2, 0.25) is 0 Å². The van der Waals surface area contributed by atoms with Gasteiger partial charge in [0.1, 0.15) is 5.82 Å². The zero-order valence-electron chi connectivity index (χ0n) is 15.8. The van der Waals surface area contributed by atoms with E-state index in [1.54, 1.807) is 20.0 Å². The fourth-order valence-corrected chi connectivity index (χ4v) is 2.39. The summed E-state index contributed by atoms with van der Waals surface area (Å²) >= 11 is 0. The van der Waals surface area contributed by atoms with Crippen LogP contribution in [0.25, 0.3) is 0 Å². The Morgan fingerprint density at radius 2 is 1.89 bits per heavy atom. The second-order valence-electron chi connectivity index (χ2n) is 5.96. The number of carbonyl (C=O) groups is 1. The third-order valence-electron chi connectivity index (χ3n) is 3.96. The van der Waals surface area contributed by atoms with Gasteiger partial charge < -0.3 is 16.0 Å². The molecule has 5 nitrogen and oxygen atoms in total. The molecule has 0 unspecified atom stereocenters. The van der Waals surface area contributed by atoms with E-state index in [-0.39, 0.29) is 42.2 Å². The minimum atomic E-state index is -0.235. The van der Waals surface area contributed by atoms with Crippen LogP contribution in [0.4, 0.5) is 10.1 Å². The molecule has 0 fully saturated rings. The van der Waals surface area contributed by atoms with E-state index in [4.69, 9.17) is 0 Å². The van der Waals surface area contributed by atoms with Crippen LogP contribution in [0.3, 0.4) is 0 Å². The Morgan fingerprint density at radius 3 is 2.56 bits per heavy atom. The molecule has 0 saturated carbocycles. The van der Waals surface area contributed by atoms with Crippen LogP contribution < -0.4 is 16.0 Å². The molecule has 0 aliphatic rings. The Hall–Kier alpha value is -2.16. The van der Waals surface area contributed by atoms with Gasteiger partial charge >= 0.3 is 0 Å². The Morgan fingerprint density at radius 1 is 1.11 bits per heavy atom. The maximum atomic E-state index is 13.6. The number of benzene rings is 2. The summed E-state index contributed by atoms with van der Waals surface area (Å²) in [6.07, 6.45) is 0.915. The summed E-state index contributed by atoms with van der Waals surface area (Å²) in [6.45, 7) is 4.29. The predicted octanol–water partition coefficient (Wildman–Crippen LogP) is 3.62. The van der Waals surface area contributed by atoms with Crippen molar-refractivity contribution in [3.63, 3.8) is 0 Å². The molecule has 2 aromatic carbocycles. The van der Waals surface area contributed by atoms with Crippen molar-refractivity contribution in [1.29, 1.82) is 0 Å². The number of amides is 1. The smallest absolute Gasteiger partial charge is 0.243 e. The minimum Gasteiger partial charge on any atom is -0.352 e. The highest BCUT2D eigenvalue weighted by atomic mass is 127. The Labute approximate surface area is 176 Å². The maximum Gasteiger partial charge on any atom is 0.243 e. The number of nitrogens with zero attached hydrogens (tertiary/aromatic N) is 1. The molecular weight excluding hydrogens is 458 g/mol. The van der Waals surface area contributed by atoms with Gasteiger partial charge in [-0.1, -0.05) is 31.2 Å². The molecule has 0 radical (unpaired) electrons. The monoisotopic (exact) mass is 484 g/mol. The molecule has 2 rings (SSSR count). The molecule has 3 N–H and O–H groups in total. The number of carbonyl (C=O) groups excluding carboxylic acids is 1. The number of aryl methyl sites for hydroxylation is 2. The fourth-order valence-electron chi connectivity index (χ4n) is 2.39. The topological polar surface area (TPSA) is 65.5 Å². The molecule has 0 aliphatic carbocycles. The molecular formula is C20H26FIN4O. The van der Waals surface area contributed by atoms with Crippen LogP contribution in [-0.4, -0.2) is 25.5 Å². The van der Waals surface area contributed by atoms with E-state index in [0.717, 1.165) is 17.7 Å². The predicted molar refractivity (Wildman–Crippen MR) is 119 cm³/mol. The van der Waals surface area contributed by atoms with Crippen LogP contribution in [0.1, 0.15) is 23.6 Å². The van der Waals surface area contributed by atoms with Crippen LogP contribution in [0.15, 0.2) is 47.5 Å². The van der Waals surface area contributed by atoms with Crippen LogP contribution >= 0.6 is 24.0 Å². The van der Waals surface area contributed by atoms with E-state index in [0.29, 0.717) is 18.1 Å². The molecule has 0 heterocycles. The van der Waals surface area contributed by atoms with Crippen LogP contribution in [0.5, 0.6) is 0 Å². The van der Waals surface area contributed by atoms with Crippen molar-refractivity contribution in [3.05, 3.63) is 65.0 Å². The Kier molecular flexibility index (Phi) is 9.77. The van der Waals surface area contributed by atoms with Crippen molar-refractivity contribution in [1.82, 2.24) is 10.6 Å². The van der Waals surface area contributed by atoms with Crippen LogP contribution in [-0.2, 0) is 17.8 Å². The van der Waals surface area contributed by atoms with Gasteiger partial charge in [-0.25, -0.2) is 4.39 Å². The van der Waals surface area contributed by atoms with E-state index in [9.17, 15) is 9.18 Å². The molecule has 27 heavy (non-hydrogen) atoms. The van der Waals surface area contributed by atoms with Crippen molar-refractivity contribution in [3.8, 4) is 0 Å². The van der Waals surface area contributed by atoms with Crippen molar-refractivity contribution >= 4 is 41.5 Å². The quantitative estimate of drug-likeness (QED) is 0.334. The lowest BCUT2D eigenvalue weighted by Crippen LogP contribution is -2.41. The summed E-state index contributed by atoms with van der Waals surface area (Å²) < 4.78 is 13.6. The summed E-state index contributed by atoms with van der Waals surface area (Å²) in [4.78, 5) is 16.2. The third kappa shape index (κ3) is 7.54. The minimum absolute atomic E-state index is 0. The first kappa shape index (κ1) is 22.9. The average molecular weight is 484 g/mol. The van der Waals surface area contributed by atoms with Crippen molar-refractivity contribution in [2.75, 3.05) is 18.9 Å². The van der Waals surface area contributed by atoms with Crippen LogP contribution in [0, 0.1) is 12.7 Å². The number of rotatable bonds is 6. The molecule has 0 bridgehead atoms. The van der Waals surface area contributed by atoms with Crippen molar-refractivity contribution in [2.45, 2.75) is 26.8 Å². The number of hydrogen-bond donors (Lipinski definition) is 3.